The molecule has 6 atom stereocenters. The number of ether oxygens (including phenoxy) is 2. The zero-order valence-corrected chi connectivity index (χ0v) is 17.8. The van der Waals surface area contributed by atoms with E-state index in [9.17, 15) is 30.3 Å². The monoisotopic (exact) mass is 394 g/mol. The van der Waals surface area contributed by atoms with E-state index in [1.807, 2.05) is 6.92 Å². The second-order valence-corrected chi connectivity index (χ2v) is 8.83. The van der Waals surface area contributed by atoms with Crippen LogP contribution in [0.5, 0.6) is 0 Å². The maximum Gasteiger partial charge on any atom is 0.309 e. The number of carboxylic acids is 1. The highest BCUT2D eigenvalue weighted by Gasteiger charge is 2.45. The van der Waals surface area contributed by atoms with Gasteiger partial charge in [0.1, 0.15) is 12.2 Å². The average molecular weight is 395 g/mol. The first kappa shape index (κ1) is 26.2. The molecule has 0 rings (SSSR count). The first-order valence-corrected chi connectivity index (χ1v) is 9.30. The van der Waals surface area contributed by atoms with Gasteiger partial charge in [-0.15, -0.1) is 0 Å². The Morgan fingerprint density at radius 1 is 1.00 bits per heavy atom. The highest BCUT2D eigenvalue weighted by Crippen LogP contribution is 2.42. The standard InChI is InChI=1S/C19H38O8/c1-9-19(8,10-17(4,5)15(23)24)16(27-18(6,7)25)26-12(3)14(22)13(21)11(2)20/h11-14,16,20-22,25H,9-10H2,1-8H3,(H,23,24). The van der Waals surface area contributed by atoms with E-state index in [1.165, 1.54) is 27.7 Å². The van der Waals surface area contributed by atoms with Crippen LogP contribution in [0.4, 0.5) is 0 Å². The van der Waals surface area contributed by atoms with E-state index in [0.29, 0.717) is 6.42 Å². The molecule has 8 nitrogen and oxygen atoms in total. The van der Waals surface area contributed by atoms with Crippen LogP contribution < -0.4 is 0 Å². The van der Waals surface area contributed by atoms with Crippen molar-refractivity contribution in [2.45, 2.75) is 105 Å². The highest BCUT2D eigenvalue weighted by atomic mass is 16.7. The number of carboxylic acid groups (broad SMARTS) is 1. The number of hydrogen-bond donors (Lipinski definition) is 5. The molecule has 0 spiro atoms. The van der Waals surface area contributed by atoms with Gasteiger partial charge >= 0.3 is 5.97 Å². The van der Waals surface area contributed by atoms with Gasteiger partial charge in [-0.25, -0.2) is 0 Å². The van der Waals surface area contributed by atoms with Gasteiger partial charge in [-0.2, -0.15) is 0 Å². The van der Waals surface area contributed by atoms with Crippen LogP contribution in [0, 0.1) is 10.8 Å². The lowest BCUT2D eigenvalue weighted by molar-refractivity contribution is -0.328. The first-order valence-electron chi connectivity index (χ1n) is 9.30. The lowest BCUT2D eigenvalue weighted by Crippen LogP contribution is -2.50. The van der Waals surface area contributed by atoms with E-state index in [1.54, 1.807) is 20.8 Å². The molecule has 5 N–H and O–H groups in total. The third-order valence-corrected chi connectivity index (χ3v) is 4.86. The fourth-order valence-electron chi connectivity index (χ4n) is 2.89. The van der Waals surface area contributed by atoms with Crippen molar-refractivity contribution >= 4 is 5.97 Å². The van der Waals surface area contributed by atoms with Gasteiger partial charge in [0.15, 0.2) is 12.1 Å². The molecule has 0 aliphatic heterocycles. The van der Waals surface area contributed by atoms with Crippen LogP contribution in [0.15, 0.2) is 0 Å². The van der Waals surface area contributed by atoms with Gasteiger partial charge in [0.25, 0.3) is 0 Å². The zero-order chi connectivity index (χ0) is 21.8. The molecule has 0 bridgehead atoms. The zero-order valence-electron chi connectivity index (χ0n) is 17.8. The van der Waals surface area contributed by atoms with Crippen LogP contribution in [0.3, 0.4) is 0 Å². The van der Waals surface area contributed by atoms with Gasteiger partial charge in [0.05, 0.1) is 17.6 Å². The van der Waals surface area contributed by atoms with Crippen molar-refractivity contribution in [2.24, 2.45) is 10.8 Å². The van der Waals surface area contributed by atoms with Crippen molar-refractivity contribution < 1.29 is 39.8 Å². The normalized spacial score (nSPS) is 21.0. The summed E-state index contributed by atoms with van der Waals surface area (Å²) in [5, 5.41) is 49.2. The summed E-state index contributed by atoms with van der Waals surface area (Å²) in [6, 6.07) is 0. The summed E-state index contributed by atoms with van der Waals surface area (Å²) < 4.78 is 11.5. The summed E-state index contributed by atoms with van der Waals surface area (Å²) in [6.07, 6.45) is -5.32. The fraction of sp³-hybridized carbons (Fsp3) is 0.947. The van der Waals surface area contributed by atoms with Crippen LogP contribution in [0.25, 0.3) is 0 Å². The van der Waals surface area contributed by atoms with Crippen molar-refractivity contribution in [2.75, 3.05) is 0 Å². The van der Waals surface area contributed by atoms with Crippen LogP contribution in [0.2, 0.25) is 0 Å². The Morgan fingerprint density at radius 3 is 1.81 bits per heavy atom. The van der Waals surface area contributed by atoms with Gasteiger partial charge in [-0.05, 0) is 54.4 Å². The van der Waals surface area contributed by atoms with Crippen LogP contribution in [0.1, 0.15) is 68.2 Å². The molecule has 27 heavy (non-hydrogen) atoms. The summed E-state index contributed by atoms with van der Waals surface area (Å²) in [7, 11) is 0. The molecule has 0 aromatic rings. The highest BCUT2D eigenvalue weighted by molar-refractivity contribution is 5.73. The molecule has 0 saturated heterocycles. The van der Waals surface area contributed by atoms with E-state index >= 15 is 0 Å². The number of aliphatic carboxylic acids is 1. The Morgan fingerprint density at radius 2 is 1.48 bits per heavy atom. The smallest absolute Gasteiger partial charge is 0.309 e. The Kier molecular flexibility index (Phi) is 9.35. The molecule has 0 radical (unpaired) electrons. The van der Waals surface area contributed by atoms with E-state index in [4.69, 9.17) is 9.47 Å². The molecule has 0 aromatic carbocycles. The van der Waals surface area contributed by atoms with Crippen LogP contribution in [-0.4, -0.2) is 68.0 Å². The van der Waals surface area contributed by atoms with Crippen molar-refractivity contribution in [3.05, 3.63) is 0 Å². The third kappa shape index (κ3) is 8.01. The molecule has 6 unspecified atom stereocenters. The lowest BCUT2D eigenvalue weighted by Gasteiger charge is -2.44. The number of rotatable bonds is 12. The van der Waals surface area contributed by atoms with Gasteiger partial charge in [-0.1, -0.05) is 13.8 Å². The molecular weight excluding hydrogens is 356 g/mol. The molecule has 162 valence electrons. The van der Waals surface area contributed by atoms with Gasteiger partial charge < -0.3 is 35.0 Å². The van der Waals surface area contributed by atoms with Gasteiger partial charge in [0, 0.05) is 5.41 Å². The molecule has 0 fully saturated rings. The number of hydrogen-bond acceptors (Lipinski definition) is 7. The second-order valence-electron chi connectivity index (χ2n) is 8.83. The Labute approximate surface area is 162 Å². The molecule has 0 amide bonds. The van der Waals surface area contributed by atoms with Crippen molar-refractivity contribution in [3.63, 3.8) is 0 Å². The van der Waals surface area contributed by atoms with Gasteiger partial charge in [0.2, 0.25) is 0 Å². The van der Waals surface area contributed by atoms with E-state index in [2.05, 4.69) is 0 Å². The minimum atomic E-state index is -1.57. The molecule has 0 heterocycles. The van der Waals surface area contributed by atoms with E-state index in [-0.39, 0.29) is 6.42 Å². The van der Waals surface area contributed by atoms with Crippen molar-refractivity contribution in [3.8, 4) is 0 Å². The predicted octanol–water partition coefficient (Wildman–Crippen LogP) is 1.48. The maximum absolute atomic E-state index is 11.6. The first-order chi connectivity index (χ1) is 12.0. The SMILES string of the molecule is CCC(C)(CC(C)(C)C(=O)O)C(OC(C)C(O)C(O)C(C)O)OC(C)(C)O. The quantitative estimate of drug-likeness (QED) is 0.314. The molecule has 0 saturated carbocycles. The summed E-state index contributed by atoms with van der Waals surface area (Å²) in [4.78, 5) is 11.6. The second kappa shape index (κ2) is 9.62. The van der Waals surface area contributed by atoms with Gasteiger partial charge in [-0.3, -0.25) is 4.79 Å². The largest absolute Gasteiger partial charge is 0.481 e. The minimum Gasteiger partial charge on any atom is -0.481 e. The number of aliphatic hydroxyl groups excluding tert-OH is 3. The average Bonchev–Trinajstić information content (AvgIpc) is 2.50. The fourth-order valence-corrected chi connectivity index (χ4v) is 2.89. The predicted molar refractivity (Wildman–Crippen MR) is 99.8 cm³/mol. The summed E-state index contributed by atoms with van der Waals surface area (Å²) in [6.45, 7) is 12.5. The van der Waals surface area contributed by atoms with E-state index < -0.39 is 53.3 Å². The number of aliphatic hydroxyl groups is 4. The summed E-state index contributed by atoms with van der Waals surface area (Å²) in [5.41, 5.74) is -1.89. The third-order valence-electron chi connectivity index (χ3n) is 4.86. The minimum absolute atomic E-state index is 0.189. The lowest BCUT2D eigenvalue weighted by atomic mass is 9.71. The Bertz CT molecular complexity index is 471. The molecular formula is C19H38O8. The molecule has 0 aromatic heterocycles. The Balaban J connectivity index is 5.69. The van der Waals surface area contributed by atoms with Crippen molar-refractivity contribution in [1.29, 1.82) is 0 Å². The molecule has 0 aliphatic rings. The number of carbonyl (C=O) groups is 1. The summed E-state index contributed by atoms with van der Waals surface area (Å²) >= 11 is 0. The van der Waals surface area contributed by atoms with Crippen molar-refractivity contribution in [1.82, 2.24) is 0 Å². The Hall–Kier alpha value is -0.770. The van der Waals surface area contributed by atoms with Crippen LogP contribution in [-0.2, 0) is 14.3 Å². The molecule has 0 aliphatic carbocycles. The summed E-state index contributed by atoms with van der Waals surface area (Å²) in [5.74, 6) is -2.54. The topological polar surface area (TPSA) is 137 Å². The molecule has 8 heteroatoms. The maximum atomic E-state index is 11.6. The van der Waals surface area contributed by atoms with E-state index in [0.717, 1.165) is 0 Å². The van der Waals surface area contributed by atoms with Crippen LogP contribution >= 0.6 is 0 Å².